The maximum Gasteiger partial charge on any atom is 0.130 e. The summed E-state index contributed by atoms with van der Waals surface area (Å²) < 4.78 is 7.77. The van der Waals surface area contributed by atoms with E-state index < -0.39 is 0 Å². The molecule has 1 unspecified atom stereocenters. The third-order valence-electron chi connectivity index (χ3n) is 3.96. The molecule has 4 heteroatoms. The van der Waals surface area contributed by atoms with E-state index in [2.05, 4.69) is 53.1 Å². The summed E-state index contributed by atoms with van der Waals surface area (Å²) in [4.78, 5) is 4.59. The second-order valence-electron chi connectivity index (χ2n) is 5.49. The van der Waals surface area contributed by atoms with E-state index in [4.69, 9.17) is 4.74 Å². The molecule has 0 saturated carbocycles. The van der Waals surface area contributed by atoms with Crippen LogP contribution >= 0.6 is 0 Å². The van der Waals surface area contributed by atoms with Gasteiger partial charge in [0.15, 0.2) is 0 Å². The van der Waals surface area contributed by atoms with Crippen LogP contribution in [0.4, 0.5) is 0 Å². The average molecular weight is 285 g/mol. The fourth-order valence-electron chi connectivity index (χ4n) is 2.94. The Morgan fingerprint density at radius 2 is 2.14 bits per heavy atom. The van der Waals surface area contributed by atoms with E-state index in [0.717, 1.165) is 38.5 Å². The molecule has 1 aliphatic heterocycles. The lowest BCUT2D eigenvalue weighted by Crippen LogP contribution is -2.25. The van der Waals surface area contributed by atoms with E-state index in [1.54, 1.807) is 0 Å². The van der Waals surface area contributed by atoms with Crippen LogP contribution in [-0.4, -0.2) is 16.1 Å². The van der Waals surface area contributed by atoms with Gasteiger partial charge in [0.05, 0.1) is 19.3 Å². The molecule has 1 atom stereocenters. The van der Waals surface area contributed by atoms with Gasteiger partial charge in [-0.25, -0.2) is 4.98 Å². The minimum atomic E-state index is 0.141. The second-order valence-corrected chi connectivity index (χ2v) is 5.49. The van der Waals surface area contributed by atoms with Crippen LogP contribution in [-0.2, 0) is 24.5 Å². The van der Waals surface area contributed by atoms with Gasteiger partial charge in [-0.1, -0.05) is 32.0 Å². The lowest BCUT2D eigenvalue weighted by atomic mass is 10.0. The summed E-state index contributed by atoms with van der Waals surface area (Å²) in [5.41, 5.74) is 3.89. The van der Waals surface area contributed by atoms with E-state index in [-0.39, 0.29) is 6.04 Å². The zero-order chi connectivity index (χ0) is 14.7. The van der Waals surface area contributed by atoms with Gasteiger partial charge in [-0.05, 0) is 29.7 Å². The van der Waals surface area contributed by atoms with Crippen LogP contribution < -0.4 is 5.32 Å². The Labute approximate surface area is 126 Å². The number of nitrogens with one attached hydrogen (secondary N) is 1. The maximum absolute atomic E-state index is 5.52. The summed E-state index contributed by atoms with van der Waals surface area (Å²) in [5, 5.41) is 3.57. The van der Waals surface area contributed by atoms with Crippen LogP contribution in [0.25, 0.3) is 0 Å². The number of aryl methyl sites for hydroxylation is 1. The normalized spacial score (nSPS) is 15.1. The molecule has 1 aromatic carbocycles. The molecule has 0 saturated heterocycles. The van der Waals surface area contributed by atoms with Crippen molar-refractivity contribution in [3.8, 4) is 0 Å². The Balaban J connectivity index is 1.95. The first-order valence-electron chi connectivity index (χ1n) is 7.77. The molecule has 0 amide bonds. The Hall–Kier alpha value is -1.65. The van der Waals surface area contributed by atoms with Crippen molar-refractivity contribution in [2.24, 2.45) is 0 Å². The van der Waals surface area contributed by atoms with E-state index in [0.29, 0.717) is 0 Å². The van der Waals surface area contributed by atoms with Gasteiger partial charge >= 0.3 is 0 Å². The zero-order valence-corrected chi connectivity index (χ0v) is 12.8. The first-order valence-corrected chi connectivity index (χ1v) is 7.77. The molecular formula is C17H23N3O. The molecule has 21 heavy (non-hydrogen) atoms. The number of imidazole rings is 1. The largest absolute Gasteiger partial charge is 0.372 e. The number of fused-ring (bicyclic) bond motifs is 1. The van der Waals surface area contributed by atoms with Crippen molar-refractivity contribution in [3.63, 3.8) is 0 Å². The predicted octanol–water partition coefficient (Wildman–Crippen LogP) is 3.02. The lowest BCUT2D eigenvalue weighted by molar-refractivity contribution is 0.134. The van der Waals surface area contributed by atoms with Gasteiger partial charge < -0.3 is 14.6 Å². The van der Waals surface area contributed by atoms with Crippen molar-refractivity contribution in [3.05, 3.63) is 53.1 Å². The number of hydrogen-bond acceptors (Lipinski definition) is 3. The Morgan fingerprint density at radius 1 is 1.29 bits per heavy atom. The Bertz CT molecular complexity index is 606. The lowest BCUT2D eigenvalue weighted by Gasteiger charge is -2.20. The minimum Gasteiger partial charge on any atom is -0.372 e. The molecule has 4 nitrogen and oxygen atoms in total. The topological polar surface area (TPSA) is 39.1 Å². The number of ether oxygens (including phenoxy) is 1. The summed E-state index contributed by atoms with van der Waals surface area (Å²) in [6.07, 6.45) is 5.08. The molecule has 0 spiro atoms. The fraction of sp³-hybridized carbons (Fsp3) is 0.471. The molecule has 0 fully saturated rings. The monoisotopic (exact) mass is 285 g/mol. The smallest absolute Gasteiger partial charge is 0.130 e. The van der Waals surface area contributed by atoms with Gasteiger partial charge in [-0.3, -0.25) is 0 Å². The van der Waals surface area contributed by atoms with Crippen LogP contribution in [0, 0.1) is 0 Å². The Kier molecular flexibility index (Phi) is 4.36. The molecule has 3 rings (SSSR count). The molecule has 0 radical (unpaired) electrons. The molecule has 1 aliphatic rings. The molecule has 1 aromatic heterocycles. The fourth-order valence-corrected chi connectivity index (χ4v) is 2.94. The highest BCUT2D eigenvalue weighted by Gasteiger charge is 2.20. The van der Waals surface area contributed by atoms with Crippen molar-refractivity contribution in [2.45, 2.75) is 46.1 Å². The Morgan fingerprint density at radius 3 is 2.95 bits per heavy atom. The third kappa shape index (κ3) is 2.87. The predicted molar refractivity (Wildman–Crippen MR) is 83.0 cm³/mol. The SMILES string of the molecule is CCCn1ccnc1C(NCC)c1ccc2c(c1)COC2. The quantitative estimate of drug-likeness (QED) is 0.886. The van der Waals surface area contributed by atoms with Crippen LogP contribution in [0.5, 0.6) is 0 Å². The summed E-state index contributed by atoms with van der Waals surface area (Å²) in [6, 6.07) is 6.80. The first-order chi connectivity index (χ1) is 10.3. The number of aromatic nitrogens is 2. The third-order valence-corrected chi connectivity index (χ3v) is 3.96. The van der Waals surface area contributed by atoms with E-state index in [9.17, 15) is 0 Å². The highest BCUT2D eigenvalue weighted by Crippen LogP contribution is 2.27. The van der Waals surface area contributed by atoms with E-state index in [1.807, 2.05) is 6.20 Å². The summed E-state index contributed by atoms with van der Waals surface area (Å²) in [6.45, 7) is 7.72. The molecule has 2 heterocycles. The summed E-state index contributed by atoms with van der Waals surface area (Å²) in [5.74, 6) is 1.09. The van der Waals surface area contributed by atoms with Crippen molar-refractivity contribution in [1.29, 1.82) is 0 Å². The highest BCUT2D eigenvalue weighted by molar-refractivity contribution is 5.36. The molecule has 0 aliphatic carbocycles. The van der Waals surface area contributed by atoms with Crippen LogP contribution in [0.1, 0.15) is 48.8 Å². The van der Waals surface area contributed by atoms with Gasteiger partial charge in [-0.2, -0.15) is 0 Å². The number of hydrogen-bond donors (Lipinski definition) is 1. The van der Waals surface area contributed by atoms with Gasteiger partial charge in [-0.15, -0.1) is 0 Å². The summed E-state index contributed by atoms with van der Waals surface area (Å²) in [7, 11) is 0. The number of nitrogens with zero attached hydrogens (tertiary/aromatic N) is 2. The minimum absolute atomic E-state index is 0.141. The zero-order valence-electron chi connectivity index (χ0n) is 12.8. The van der Waals surface area contributed by atoms with Crippen molar-refractivity contribution >= 4 is 0 Å². The molecule has 2 aromatic rings. The standard InChI is InChI=1S/C17H23N3O/c1-3-8-20-9-7-19-17(20)16(18-4-2)13-5-6-14-11-21-12-15(14)10-13/h5-7,9-10,16,18H,3-4,8,11-12H2,1-2H3. The van der Waals surface area contributed by atoms with Crippen LogP contribution in [0.2, 0.25) is 0 Å². The second kappa shape index (κ2) is 6.41. The van der Waals surface area contributed by atoms with Gasteiger partial charge in [0.1, 0.15) is 5.82 Å². The van der Waals surface area contributed by atoms with Crippen LogP contribution in [0.3, 0.4) is 0 Å². The highest BCUT2D eigenvalue weighted by atomic mass is 16.5. The van der Waals surface area contributed by atoms with E-state index >= 15 is 0 Å². The molecule has 1 N–H and O–H groups in total. The van der Waals surface area contributed by atoms with Crippen molar-refractivity contribution in [2.75, 3.05) is 6.54 Å². The van der Waals surface area contributed by atoms with Gasteiger partial charge in [0.2, 0.25) is 0 Å². The summed E-state index contributed by atoms with van der Waals surface area (Å²) >= 11 is 0. The van der Waals surface area contributed by atoms with Gasteiger partial charge in [0.25, 0.3) is 0 Å². The van der Waals surface area contributed by atoms with Crippen molar-refractivity contribution < 1.29 is 4.74 Å². The number of rotatable bonds is 6. The maximum atomic E-state index is 5.52. The van der Waals surface area contributed by atoms with Crippen molar-refractivity contribution in [1.82, 2.24) is 14.9 Å². The van der Waals surface area contributed by atoms with Gasteiger partial charge in [0, 0.05) is 18.9 Å². The first kappa shape index (κ1) is 14.3. The molecule has 0 bridgehead atoms. The van der Waals surface area contributed by atoms with Crippen LogP contribution in [0.15, 0.2) is 30.6 Å². The molecule has 112 valence electrons. The number of benzene rings is 1. The average Bonchev–Trinajstić information content (AvgIpc) is 3.13. The van der Waals surface area contributed by atoms with E-state index in [1.165, 1.54) is 16.7 Å². The molecular weight excluding hydrogens is 262 g/mol.